The van der Waals surface area contributed by atoms with Crippen LogP contribution in [0.25, 0.3) is 0 Å². The molecule has 0 fully saturated rings. The SMILES string of the molecule is O=C(c1cc(Cl)ccc1Br)N1CCCNc2ccccc21. The Morgan fingerprint density at radius 1 is 1.24 bits per heavy atom. The van der Waals surface area contributed by atoms with E-state index in [9.17, 15) is 4.79 Å². The van der Waals surface area contributed by atoms with E-state index in [4.69, 9.17) is 11.6 Å². The van der Waals surface area contributed by atoms with Crippen LogP contribution >= 0.6 is 27.5 Å². The molecule has 1 heterocycles. The second kappa shape index (κ2) is 6.08. The summed E-state index contributed by atoms with van der Waals surface area (Å²) in [6, 6.07) is 13.1. The third kappa shape index (κ3) is 2.92. The smallest absolute Gasteiger partial charge is 0.259 e. The number of hydrogen-bond donors (Lipinski definition) is 1. The van der Waals surface area contributed by atoms with E-state index >= 15 is 0 Å². The molecule has 1 N–H and O–H groups in total. The van der Waals surface area contributed by atoms with Crippen molar-refractivity contribution in [3.8, 4) is 0 Å². The molecule has 5 heteroatoms. The molecule has 1 amide bonds. The van der Waals surface area contributed by atoms with Crippen molar-refractivity contribution in [1.29, 1.82) is 0 Å². The number of benzene rings is 2. The minimum absolute atomic E-state index is 0.0412. The summed E-state index contributed by atoms with van der Waals surface area (Å²) in [7, 11) is 0. The average Bonchev–Trinajstić information content (AvgIpc) is 2.71. The van der Waals surface area contributed by atoms with Crippen LogP contribution in [0, 0.1) is 0 Å². The minimum atomic E-state index is -0.0412. The highest BCUT2D eigenvalue weighted by Crippen LogP contribution is 2.31. The topological polar surface area (TPSA) is 32.3 Å². The first-order chi connectivity index (χ1) is 10.2. The van der Waals surface area contributed by atoms with Crippen molar-refractivity contribution in [2.24, 2.45) is 0 Å². The van der Waals surface area contributed by atoms with E-state index < -0.39 is 0 Å². The quantitative estimate of drug-likeness (QED) is 0.803. The van der Waals surface area contributed by atoms with Crippen molar-refractivity contribution in [1.82, 2.24) is 0 Å². The summed E-state index contributed by atoms with van der Waals surface area (Å²) in [4.78, 5) is 14.7. The highest BCUT2D eigenvalue weighted by Gasteiger charge is 2.23. The average molecular weight is 366 g/mol. The fraction of sp³-hybridized carbons (Fsp3) is 0.188. The molecule has 2 aromatic carbocycles. The van der Waals surface area contributed by atoms with Crippen molar-refractivity contribution >= 4 is 44.8 Å². The number of nitrogens with one attached hydrogen (secondary N) is 1. The molecular formula is C16H14BrClN2O. The molecule has 0 unspecified atom stereocenters. The Balaban J connectivity index is 2.03. The molecular weight excluding hydrogens is 352 g/mol. The predicted molar refractivity (Wildman–Crippen MR) is 90.4 cm³/mol. The second-order valence-corrected chi connectivity index (χ2v) is 6.17. The number of hydrogen-bond acceptors (Lipinski definition) is 2. The Hall–Kier alpha value is -1.52. The molecule has 0 aromatic heterocycles. The zero-order valence-electron chi connectivity index (χ0n) is 11.3. The number of amides is 1. The van der Waals surface area contributed by atoms with Crippen LogP contribution in [-0.2, 0) is 0 Å². The van der Waals surface area contributed by atoms with Crippen LogP contribution in [0.2, 0.25) is 5.02 Å². The summed E-state index contributed by atoms with van der Waals surface area (Å²) >= 11 is 9.46. The van der Waals surface area contributed by atoms with Crippen molar-refractivity contribution in [3.63, 3.8) is 0 Å². The van der Waals surface area contributed by atoms with E-state index in [-0.39, 0.29) is 5.91 Å². The van der Waals surface area contributed by atoms with Crippen LogP contribution in [0.3, 0.4) is 0 Å². The maximum Gasteiger partial charge on any atom is 0.259 e. The number of anilines is 2. The normalized spacial score (nSPS) is 14.1. The largest absolute Gasteiger partial charge is 0.383 e. The monoisotopic (exact) mass is 364 g/mol. The van der Waals surface area contributed by atoms with E-state index in [0.29, 0.717) is 17.1 Å². The first-order valence-corrected chi connectivity index (χ1v) is 7.94. The van der Waals surface area contributed by atoms with E-state index in [0.717, 1.165) is 28.8 Å². The molecule has 1 aliphatic rings. The number of carbonyl (C=O) groups excluding carboxylic acids is 1. The van der Waals surface area contributed by atoms with E-state index in [1.165, 1.54) is 0 Å². The van der Waals surface area contributed by atoms with Crippen LogP contribution in [0.15, 0.2) is 46.9 Å². The maximum absolute atomic E-state index is 12.9. The fourth-order valence-corrected chi connectivity index (χ4v) is 3.05. The third-order valence-electron chi connectivity index (χ3n) is 3.47. The van der Waals surface area contributed by atoms with Crippen molar-refractivity contribution in [3.05, 3.63) is 57.5 Å². The van der Waals surface area contributed by atoms with Crippen molar-refractivity contribution in [2.75, 3.05) is 23.3 Å². The Kier molecular flexibility index (Phi) is 4.17. The maximum atomic E-state index is 12.9. The summed E-state index contributed by atoms with van der Waals surface area (Å²) in [5.41, 5.74) is 2.48. The minimum Gasteiger partial charge on any atom is -0.383 e. The number of halogens is 2. The highest BCUT2D eigenvalue weighted by atomic mass is 79.9. The lowest BCUT2D eigenvalue weighted by Gasteiger charge is -2.23. The van der Waals surface area contributed by atoms with Gasteiger partial charge in [0.05, 0.1) is 16.9 Å². The molecule has 0 spiro atoms. The summed E-state index contributed by atoms with van der Waals surface area (Å²) < 4.78 is 0.756. The Morgan fingerprint density at radius 3 is 2.90 bits per heavy atom. The standard InChI is InChI=1S/C16H14BrClN2O/c17-13-7-6-11(18)10-12(13)16(21)20-9-3-8-19-14-4-1-2-5-15(14)20/h1-2,4-7,10,19H,3,8-9H2. The van der Waals surface area contributed by atoms with E-state index in [1.807, 2.05) is 29.2 Å². The number of rotatable bonds is 1. The van der Waals surface area contributed by atoms with Crippen LogP contribution in [0.1, 0.15) is 16.8 Å². The summed E-state index contributed by atoms with van der Waals surface area (Å²) in [5.74, 6) is -0.0412. The predicted octanol–water partition coefficient (Wildman–Crippen LogP) is 4.56. The van der Waals surface area contributed by atoms with E-state index in [2.05, 4.69) is 21.2 Å². The van der Waals surface area contributed by atoms with Crippen LogP contribution in [0.5, 0.6) is 0 Å². The molecule has 3 rings (SSSR count). The first kappa shape index (κ1) is 14.4. The third-order valence-corrected chi connectivity index (χ3v) is 4.40. The number of para-hydroxylation sites is 2. The van der Waals surface area contributed by atoms with Gasteiger partial charge in [0, 0.05) is 22.6 Å². The molecule has 21 heavy (non-hydrogen) atoms. The van der Waals surface area contributed by atoms with E-state index in [1.54, 1.807) is 18.2 Å². The van der Waals surface area contributed by atoms with Gasteiger partial charge in [-0.05, 0) is 52.7 Å². The number of nitrogens with zero attached hydrogens (tertiary/aromatic N) is 1. The Bertz CT molecular complexity index is 690. The van der Waals surface area contributed by atoms with Gasteiger partial charge < -0.3 is 10.2 Å². The van der Waals surface area contributed by atoms with Gasteiger partial charge in [0.2, 0.25) is 0 Å². The van der Waals surface area contributed by atoms with Gasteiger partial charge in [-0.1, -0.05) is 23.7 Å². The van der Waals surface area contributed by atoms with Gasteiger partial charge in [0.15, 0.2) is 0 Å². The fourth-order valence-electron chi connectivity index (χ4n) is 2.46. The summed E-state index contributed by atoms with van der Waals surface area (Å²) in [6.45, 7) is 1.54. The Labute approximate surface area is 137 Å². The van der Waals surface area contributed by atoms with Gasteiger partial charge in [0.25, 0.3) is 5.91 Å². The van der Waals surface area contributed by atoms with Gasteiger partial charge in [-0.2, -0.15) is 0 Å². The molecule has 2 aromatic rings. The number of carbonyl (C=O) groups is 1. The Morgan fingerprint density at radius 2 is 2.05 bits per heavy atom. The van der Waals surface area contributed by atoms with Gasteiger partial charge in [0.1, 0.15) is 0 Å². The molecule has 0 atom stereocenters. The lowest BCUT2D eigenvalue weighted by Crippen LogP contribution is -2.31. The van der Waals surface area contributed by atoms with Crippen molar-refractivity contribution in [2.45, 2.75) is 6.42 Å². The summed E-state index contributed by atoms with van der Waals surface area (Å²) in [5, 5.41) is 3.91. The van der Waals surface area contributed by atoms with Crippen LogP contribution in [0.4, 0.5) is 11.4 Å². The van der Waals surface area contributed by atoms with Crippen molar-refractivity contribution < 1.29 is 4.79 Å². The molecule has 0 saturated heterocycles. The van der Waals surface area contributed by atoms with Gasteiger partial charge in [-0.25, -0.2) is 0 Å². The van der Waals surface area contributed by atoms with Gasteiger partial charge in [-0.3, -0.25) is 4.79 Å². The second-order valence-electron chi connectivity index (χ2n) is 4.88. The first-order valence-electron chi connectivity index (χ1n) is 6.76. The molecule has 0 radical (unpaired) electrons. The number of fused-ring (bicyclic) bond motifs is 1. The summed E-state index contributed by atoms with van der Waals surface area (Å²) in [6.07, 6.45) is 0.901. The van der Waals surface area contributed by atoms with Crippen LogP contribution < -0.4 is 10.2 Å². The highest BCUT2D eigenvalue weighted by molar-refractivity contribution is 9.10. The van der Waals surface area contributed by atoms with Crippen LogP contribution in [-0.4, -0.2) is 19.0 Å². The zero-order valence-corrected chi connectivity index (χ0v) is 13.6. The van der Waals surface area contributed by atoms with Gasteiger partial charge in [-0.15, -0.1) is 0 Å². The molecule has 3 nitrogen and oxygen atoms in total. The lowest BCUT2D eigenvalue weighted by molar-refractivity contribution is 0.0986. The molecule has 108 valence electrons. The molecule has 0 aliphatic carbocycles. The zero-order chi connectivity index (χ0) is 14.8. The molecule has 0 bridgehead atoms. The lowest BCUT2D eigenvalue weighted by atomic mass is 10.1. The molecule has 0 saturated carbocycles. The van der Waals surface area contributed by atoms with Gasteiger partial charge >= 0.3 is 0 Å². The molecule has 1 aliphatic heterocycles.